The molecule has 0 saturated heterocycles. The number of carbonyl (C=O) groups excluding carboxylic acids is 1. The average Bonchev–Trinajstić information content (AvgIpc) is 2.32. The summed E-state index contributed by atoms with van der Waals surface area (Å²) >= 11 is 0. The van der Waals surface area contributed by atoms with Crippen molar-refractivity contribution >= 4 is 11.7 Å². The minimum atomic E-state index is 0.0863. The second-order valence-electron chi connectivity index (χ2n) is 3.00. The molecular formula is C9H17N3O. The predicted octanol–water partition coefficient (Wildman–Crippen LogP) is 0.247. The van der Waals surface area contributed by atoms with E-state index in [1.165, 1.54) is 0 Å². The Morgan fingerprint density at radius 1 is 1.46 bits per heavy atom. The maximum atomic E-state index is 11.2. The molecule has 0 aromatic rings. The van der Waals surface area contributed by atoms with E-state index in [9.17, 15) is 4.79 Å². The van der Waals surface area contributed by atoms with Gasteiger partial charge in [-0.05, 0) is 13.8 Å². The van der Waals surface area contributed by atoms with Crippen LogP contribution in [0.4, 0.5) is 0 Å². The largest absolute Gasteiger partial charge is 0.360 e. The Hall–Kier alpha value is -1.06. The van der Waals surface area contributed by atoms with Crippen LogP contribution in [0.1, 0.15) is 20.3 Å². The van der Waals surface area contributed by atoms with Gasteiger partial charge in [-0.3, -0.25) is 9.79 Å². The van der Waals surface area contributed by atoms with E-state index in [4.69, 9.17) is 0 Å². The lowest BCUT2D eigenvalue weighted by Gasteiger charge is -2.21. The number of nitrogens with one attached hydrogen (secondary N) is 1. The summed E-state index contributed by atoms with van der Waals surface area (Å²) in [5.74, 6) is 1.02. The number of rotatable bonds is 2. The lowest BCUT2D eigenvalue weighted by atomic mass is 10.3. The van der Waals surface area contributed by atoms with Crippen LogP contribution in [0.25, 0.3) is 0 Å². The van der Waals surface area contributed by atoms with Crippen LogP contribution < -0.4 is 5.32 Å². The molecule has 0 unspecified atom stereocenters. The summed E-state index contributed by atoms with van der Waals surface area (Å²) in [6.45, 7) is 7.37. The minimum absolute atomic E-state index is 0.0863. The third-order valence-corrected chi connectivity index (χ3v) is 2.18. The van der Waals surface area contributed by atoms with Gasteiger partial charge in [0.2, 0.25) is 5.91 Å². The lowest BCUT2D eigenvalue weighted by molar-refractivity contribution is -0.119. The fourth-order valence-corrected chi connectivity index (χ4v) is 1.44. The van der Waals surface area contributed by atoms with Crippen molar-refractivity contribution in [2.75, 3.05) is 26.2 Å². The summed E-state index contributed by atoms with van der Waals surface area (Å²) in [4.78, 5) is 17.7. The molecule has 1 N–H and O–H groups in total. The van der Waals surface area contributed by atoms with Crippen molar-refractivity contribution in [2.24, 2.45) is 4.99 Å². The fourth-order valence-electron chi connectivity index (χ4n) is 1.44. The molecule has 13 heavy (non-hydrogen) atoms. The number of hydrogen-bond donors (Lipinski definition) is 1. The number of amides is 1. The van der Waals surface area contributed by atoms with Crippen LogP contribution in [-0.2, 0) is 4.79 Å². The van der Waals surface area contributed by atoms with Crippen LogP contribution in [0.2, 0.25) is 0 Å². The first-order chi connectivity index (χ1) is 6.27. The van der Waals surface area contributed by atoms with Crippen molar-refractivity contribution in [1.82, 2.24) is 10.2 Å². The van der Waals surface area contributed by atoms with Gasteiger partial charge in [-0.25, -0.2) is 0 Å². The second kappa shape index (κ2) is 4.84. The van der Waals surface area contributed by atoms with Crippen LogP contribution in [0, 0.1) is 0 Å². The van der Waals surface area contributed by atoms with Gasteiger partial charge in [0.25, 0.3) is 0 Å². The fraction of sp³-hybridized carbons (Fsp3) is 0.778. The van der Waals surface area contributed by atoms with Gasteiger partial charge in [0.15, 0.2) is 0 Å². The number of aliphatic imine (C=N–C) groups is 1. The lowest BCUT2D eigenvalue weighted by Crippen LogP contribution is -2.33. The molecule has 1 rings (SSSR count). The maximum Gasteiger partial charge on any atom is 0.227 e. The Morgan fingerprint density at radius 2 is 2.15 bits per heavy atom. The van der Waals surface area contributed by atoms with E-state index in [0.717, 1.165) is 18.9 Å². The van der Waals surface area contributed by atoms with Crippen molar-refractivity contribution in [3.8, 4) is 0 Å². The summed E-state index contributed by atoms with van der Waals surface area (Å²) in [5.41, 5.74) is 0. The summed E-state index contributed by atoms with van der Waals surface area (Å²) in [6, 6.07) is 0. The van der Waals surface area contributed by atoms with Gasteiger partial charge in [-0.1, -0.05) is 0 Å². The third-order valence-electron chi connectivity index (χ3n) is 2.18. The molecule has 0 spiro atoms. The van der Waals surface area contributed by atoms with E-state index in [0.29, 0.717) is 19.5 Å². The van der Waals surface area contributed by atoms with Gasteiger partial charge in [0.1, 0.15) is 5.84 Å². The number of amidine groups is 1. The highest BCUT2D eigenvalue weighted by Crippen LogP contribution is 1.99. The first-order valence-corrected chi connectivity index (χ1v) is 4.82. The SMILES string of the molecule is CCN(CC)C1=NCCNC(=O)C1. The van der Waals surface area contributed by atoms with Gasteiger partial charge in [0.05, 0.1) is 13.0 Å². The average molecular weight is 183 g/mol. The molecule has 0 saturated carbocycles. The van der Waals surface area contributed by atoms with E-state index in [2.05, 4.69) is 29.1 Å². The molecule has 0 aromatic carbocycles. The van der Waals surface area contributed by atoms with Crippen LogP contribution in [0.5, 0.6) is 0 Å². The van der Waals surface area contributed by atoms with Crippen molar-refractivity contribution in [2.45, 2.75) is 20.3 Å². The Balaban J connectivity index is 2.64. The van der Waals surface area contributed by atoms with E-state index in [-0.39, 0.29) is 5.91 Å². The van der Waals surface area contributed by atoms with E-state index < -0.39 is 0 Å². The predicted molar refractivity (Wildman–Crippen MR) is 52.8 cm³/mol. The maximum absolute atomic E-state index is 11.2. The highest BCUT2D eigenvalue weighted by atomic mass is 16.1. The number of hydrogen-bond acceptors (Lipinski definition) is 3. The Labute approximate surface area is 79.0 Å². The van der Waals surface area contributed by atoms with Crippen molar-refractivity contribution in [1.29, 1.82) is 0 Å². The summed E-state index contributed by atoms with van der Waals surface area (Å²) in [6.07, 6.45) is 0.432. The zero-order valence-corrected chi connectivity index (χ0v) is 8.34. The summed E-state index contributed by atoms with van der Waals surface area (Å²) in [7, 11) is 0. The Kier molecular flexibility index (Phi) is 3.73. The van der Waals surface area contributed by atoms with Gasteiger partial charge in [-0.2, -0.15) is 0 Å². The minimum Gasteiger partial charge on any atom is -0.360 e. The van der Waals surface area contributed by atoms with Crippen molar-refractivity contribution < 1.29 is 4.79 Å². The molecule has 4 heteroatoms. The highest BCUT2D eigenvalue weighted by Gasteiger charge is 2.14. The third kappa shape index (κ3) is 2.72. The number of carbonyl (C=O) groups is 1. The summed E-state index contributed by atoms with van der Waals surface area (Å²) in [5, 5.41) is 2.80. The molecule has 74 valence electrons. The quantitative estimate of drug-likeness (QED) is 0.667. The van der Waals surface area contributed by atoms with Crippen LogP contribution in [0.15, 0.2) is 4.99 Å². The van der Waals surface area contributed by atoms with Gasteiger partial charge >= 0.3 is 0 Å². The van der Waals surface area contributed by atoms with Gasteiger partial charge < -0.3 is 10.2 Å². The second-order valence-corrected chi connectivity index (χ2v) is 3.00. The first-order valence-electron chi connectivity index (χ1n) is 4.82. The topological polar surface area (TPSA) is 44.7 Å². The molecule has 0 fully saturated rings. The van der Waals surface area contributed by atoms with Gasteiger partial charge in [-0.15, -0.1) is 0 Å². The molecule has 1 aliphatic heterocycles. The zero-order chi connectivity index (χ0) is 9.68. The Morgan fingerprint density at radius 3 is 2.77 bits per heavy atom. The van der Waals surface area contributed by atoms with Crippen LogP contribution in [-0.4, -0.2) is 42.8 Å². The molecule has 1 amide bonds. The standard InChI is InChI=1S/C9H17N3O/c1-3-12(4-2)8-7-9(13)11-6-5-10-8/h3-7H2,1-2H3,(H,11,13). The summed E-state index contributed by atoms with van der Waals surface area (Å²) < 4.78 is 0. The molecule has 1 heterocycles. The van der Waals surface area contributed by atoms with E-state index in [1.54, 1.807) is 0 Å². The van der Waals surface area contributed by atoms with Gasteiger partial charge in [0, 0.05) is 19.6 Å². The Bertz CT molecular complexity index is 209. The zero-order valence-electron chi connectivity index (χ0n) is 8.34. The molecule has 4 nitrogen and oxygen atoms in total. The molecule has 0 aliphatic carbocycles. The van der Waals surface area contributed by atoms with Crippen LogP contribution in [0.3, 0.4) is 0 Å². The van der Waals surface area contributed by atoms with E-state index in [1.807, 2.05) is 0 Å². The monoisotopic (exact) mass is 183 g/mol. The first kappa shape index (κ1) is 10.0. The normalized spacial score (nSPS) is 17.4. The van der Waals surface area contributed by atoms with Crippen molar-refractivity contribution in [3.63, 3.8) is 0 Å². The number of nitrogens with zero attached hydrogens (tertiary/aromatic N) is 2. The molecular weight excluding hydrogens is 166 g/mol. The van der Waals surface area contributed by atoms with Crippen LogP contribution >= 0.6 is 0 Å². The van der Waals surface area contributed by atoms with Crippen molar-refractivity contribution in [3.05, 3.63) is 0 Å². The van der Waals surface area contributed by atoms with E-state index >= 15 is 0 Å². The smallest absolute Gasteiger partial charge is 0.227 e. The molecule has 0 aromatic heterocycles. The molecule has 0 atom stereocenters. The molecule has 0 bridgehead atoms. The molecule has 0 radical (unpaired) electrons. The highest BCUT2D eigenvalue weighted by molar-refractivity contribution is 6.00. The molecule has 1 aliphatic rings.